The monoisotopic (exact) mass is 448 g/mol. The Balaban J connectivity index is 1.52. The van der Waals surface area contributed by atoms with E-state index in [0.717, 1.165) is 37.0 Å². The lowest BCUT2D eigenvalue weighted by atomic mass is 9.75. The standard InChI is InChI=1S/C24H24F4N2O2/c25-19-10-6-17(7-11-19)20-14-21(31)30(20)23(12-2-1-3-13-23)22(32)29-15-16-4-8-18(9-5-16)24(26,27)28/h4-11,20H,1-3,12-15H2,(H,29,32). The van der Waals surface area contributed by atoms with Crippen molar-refractivity contribution in [3.05, 3.63) is 71.0 Å². The summed E-state index contributed by atoms with van der Waals surface area (Å²) in [7, 11) is 0. The van der Waals surface area contributed by atoms with Gasteiger partial charge in [-0.1, -0.05) is 43.5 Å². The van der Waals surface area contributed by atoms with E-state index < -0.39 is 17.3 Å². The number of carbonyl (C=O) groups is 2. The molecule has 1 unspecified atom stereocenters. The highest BCUT2D eigenvalue weighted by Crippen LogP contribution is 2.46. The van der Waals surface area contributed by atoms with Crippen LogP contribution in [0.15, 0.2) is 48.5 Å². The molecule has 4 rings (SSSR count). The van der Waals surface area contributed by atoms with E-state index in [9.17, 15) is 27.2 Å². The third kappa shape index (κ3) is 4.23. The van der Waals surface area contributed by atoms with Gasteiger partial charge in [-0.3, -0.25) is 9.59 Å². The number of amides is 2. The van der Waals surface area contributed by atoms with Crippen LogP contribution in [0.1, 0.15) is 61.3 Å². The van der Waals surface area contributed by atoms with Crippen molar-refractivity contribution < 1.29 is 27.2 Å². The second-order valence-corrected chi connectivity index (χ2v) is 8.50. The van der Waals surface area contributed by atoms with Crippen molar-refractivity contribution in [2.45, 2.75) is 62.8 Å². The average Bonchev–Trinajstić information content (AvgIpc) is 2.76. The minimum absolute atomic E-state index is 0.0714. The quantitative estimate of drug-likeness (QED) is 0.509. The Kier molecular flexibility index (Phi) is 5.97. The number of hydrogen-bond donors (Lipinski definition) is 1. The molecule has 8 heteroatoms. The lowest BCUT2D eigenvalue weighted by molar-refractivity contribution is -0.168. The minimum Gasteiger partial charge on any atom is -0.350 e. The van der Waals surface area contributed by atoms with Crippen LogP contribution in [0.3, 0.4) is 0 Å². The van der Waals surface area contributed by atoms with Crippen molar-refractivity contribution in [1.82, 2.24) is 10.2 Å². The van der Waals surface area contributed by atoms with Gasteiger partial charge in [0.15, 0.2) is 0 Å². The smallest absolute Gasteiger partial charge is 0.350 e. The third-order valence-corrected chi connectivity index (χ3v) is 6.50. The fourth-order valence-electron chi connectivity index (χ4n) is 4.78. The van der Waals surface area contributed by atoms with Gasteiger partial charge in [0.05, 0.1) is 18.0 Å². The van der Waals surface area contributed by atoms with E-state index in [1.54, 1.807) is 17.0 Å². The van der Waals surface area contributed by atoms with Crippen LogP contribution in [0.25, 0.3) is 0 Å². The molecule has 1 saturated heterocycles. The molecule has 170 valence electrons. The summed E-state index contributed by atoms with van der Waals surface area (Å²) >= 11 is 0. The molecule has 0 bridgehead atoms. The van der Waals surface area contributed by atoms with E-state index in [-0.39, 0.29) is 36.6 Å². The highest BCUT2D eigenvalue weighted by molar-refractivity contribution is 5.95. The molecule has 4 nitrogen and oxygen atoms in total. The van der Waals surface area contributed by atoms with Crippen LogP contribution in [-0.4, -0.2) is 22.3 Å². The van der Waals surface area contributed by atoms with Crippen molar-refractivity contribution in [1.29, 1.82) is 0 Å². The number of carbonyl (C=O) groups excluding carboxylic acids is 2. The number of alkyl halides is 3. The molecular weight excluding hydrogens is 424 g/mol. The molecule has 2 aromatic carbocycles. The van der Waals surface area contributed by atoms with Crippen LogP contribution >= 0.6 is 0 Å². The first-order chi connectivity index (χ1) is 15.2. The van der Waals surface area contributed by atoms with E-state index in [4.69, 9.17) is 0 Å². The molecule has 1 N–H and O–H groups in total. The summed E-state index contributed by atoms with van der Waals surface area (Å²) in [5.41, 5.74) is -0.420. The summed E-state index contributed by atoms with van der Waals surface area (Å²) in [5.74, 6) is -0.782. The Labute approximate surface area is 183 Å². The number of rotatable bonds is 5. The average molecular weight is 448 g/mol. The summed E-state index contributed by atoms with van der Waals surface area (Å²) in [5, 5.41) is 2.84. The summed E-state index contributed by atoms with van der Waals surface area (Å²) < 4.78 is 51.7. The first-order valence-electron chi connectivity index (χ1n) is 10.7. The van der Waals surface area contributed by atoms with Crippen LogP contribution in [0.5, 0.6) is 0 Å². The number of benzene rings is 2. The zero-order valence-corrected chi connectivity index (χ0v) is 17.4. The topological polar surface area (TPSA) is 49.4 Å². The molecular formula is C24H24F4N2O2. The number of nitrogens with one attached hydrogen (secondary N) is 1. The van der Waals surface area contributed by atoms with E-state index in [1.165, 1.54) is 24.3 Å². The van der Waals surface area contributed by atoms with Gasteiger partial charge in [-0.2, -0.15) is 13.2 Å². The first kappa shape index (κ1) is 22.3. The highest BCUT2D eigenvalue weighted by Gasteiger charge is 2.54. The molecule has 2 aliphatic rings. The number of β-lactam (4-membered cyclic amide) rings is 1. The van der Waals surface area contributed by atoms with E-state index in [1.807, 2.05) is 0 Å². The predicted octanol–water partition coefficient (Wildman–Crippen LogP) is 5.14. The molecule has 0 radical (unpaired) electrons. The molecule has 2 fully saturated rings. The van der Waals surface area contributed by atoms with E-state index in [2.05, 4.69) is 5.32 Å². The Hall–Kier alpha value is -2.90. The number of nitrogens with zero attached hydrogens (tertiary/aromatic N) is 1. The Bertz CT molecular complexity index is 981. The van der Waals surface area contributed by atoms with Gasteiger partial charge in [-0.25, -0.2) is 4.39 Å². The zero-order valence-electron chi connectivity index (χ0n) is 17.4. The molecule has 0 aromatic heterocycles. The number of halogens is 4. The SMILES string of the molecule is O=C1CC(c2ccc(F)cc2)N1C1(C(=O)NCc2ccc(C(F)(F)F)cc2)CCCCC1. The Morgan fingerprint density at radius 2 is 1.62 bits per heavy atom. The van der Waals surface area contributed by atoms with Crippen LogP contribution < -0.4 is 5.32 Å². The highest BCUT2D eigenvalue weighted by atomic mass is 19.4. The summed E-state index contributed by atoms with van der Waals surface area (Å²) in [6.07, 6.45) is -0.538. The van der Waals surface area contributed by atoms with Gasteiger partial charge in [-0.15, -0.1) is 0 Å². The third-order valence-electron chi connectivity index (χ3n) is 6.50. The second kappa shape index (κ2) is 8.56. The van der Waals surface area contributed by atoms with Crippen molar-refractivity contribution in [3.8, 4) is 0 Å². The maximum atomic E-state index is 13.4. The van der Waals surface area contributed by atoms with Crippen molar-refractivity contribution >= 4 is 11.8 Å². The summed E-state index contributed by atoms with van der Waals surface area (Å²) in [6.45, 7) is 0.0714. The lowest BCUT2D eigenvalue weighted by Crippen LogP contribution is -2.66. The maximum absolute atomic E-state index is 13.4. The number of hydrogen-bond acceptors (Lipinski definition) is 2. The van der Waals surface area contributed by atoms with Gasteiger partial charge < -0.3 is 10.2 Å². The van der Waals surface area contributed by atoms with Gasteiger partial charge in [0, 0.05) is 6.54 Å². The maximum Gasteiger partial charge on any atom is 0.416 e. The molecule has 1 aliphatic carbocycles. The fraction of sp³-hybridized carbons (Fsp3) is 0.417. The lowest BCUT2D eigenvalue weighted by Gasteiger charge is -2.54. The Morgan fingerprint density at radius 3 is 2.19 bits per heavy atom. The van der Waals surface area contributed by atoms with Crippen LogP contribution in [0, 0.1) is 5.82 Å². The summed E-state index contributed by atoms with van der Waals surface area (Å²) in [4.78, 5) is 27.7. The van der Waals surface area contributed by atoms with E-state index in [0.29, 0.717) is 18.4 Å². The number of likely N-dealkylation sites (tertiary alicyclic amines) is 1. The van der Waals surface area contributed by atoms with Gasteiger partial charge >= 0.3 is 6.18 Å². The predicted molar refractivity (Wildman–Crippen MR) is 110 cm³/mol. The molecule has 1 atom stereocenters. The molecule has 1 aliphatic heterocycles. The van der Waals surface area contributed by atoms with Crippen molar-refractivity contribution in [2.75, 3.05) is 0 Å². The van der Waals surface area contributed by atoms with Crippen molar-refractivity contribution in [3.63, 3.8) is 0 Å². The van der Waals surface area contributed by atoms with Gasteiger partial charge in [0.2, 0.25) is 11.8 Å². The van der Waals surface area contributed by atoms with Gasteiger partial charge in [0.1, 0.15) is 11.4 Å². The Morgan fingerprint density at radius 1 is 1.00 bits per heavy atom. The first-order valence-corrected chi connectivity index (χ1v) is 10.7. The minimum atomic E-state index is -4.42. The van der Waals surface area contributed by atoms with Gasteiger partial charge in [0.25, 0.3) is 0 Å². The molecule has 0 spiro atoms. The molecule has 2 amide bonds. The van der Waals surface area contributed by atoms with Gasteiger partial charge in [-0.05, 0) is 48.2 Å². The van der Waals surface area contributed by atoms with E-state index >= 15 is 0 Å². The van der Waals surface area contributed by atoms with Crippen LogP contribution in [0.2, 0.25) is 0 Å². The zero-order chi connectivity index (χ0) is 22.9. The fourth-order valence-corrected chi connectivity index (χ4v) is 4.78. The molecule has 2 aromatic rings. The normalized spacial score (nSPS) is 20.6. The van der Waals surface area contributed by atoms with Crippen LogP contribution in [0.4, 0.5) is 17.6 Å². The summed E-state index contributed by atoms with van der Waals surface area (Å²) in [6, 6.07) is 10.3. The van der Waals surface area contributed by atoms with Crippen molar-refractivity contribution in [2.24, 2.45) is 0 Å². The molecule has 32 heavy (non-hydrogen) atoms. The second-order valence-electron chi connectivity index (χ2n) is 8.50. The molecule has 1 heterocycles. The van der Waals surface area contributed by atoms with Crippen LogP contribution in [-0.2, 0) is 22.3 Å². The molecule has 1 saturated carbocycles. The largest absolute Gasteiger partial charge is 0.416 e.